The number of hydrogen-bond donors (Lipinski definition) is 2. The Bertz CT molecular complexity index is 1170. The number of aliphatic carboxylic acids is 1. The van der Waals surface area contributed by atoms with Gasteiger partial charge in [-0.2, -0.15) is 0 Å². The molecule has 0 spiro atoms. The molecule has 0 aliphatic carbocycles. The number of carboxylic acids is 1. The molecular weight excluding hydrogens is 590 g/mol. The monoisotopic (exact) mass is 660 g/mol. The average molecular weight is 660 g/mol. The van der Waals surface area contributed by atoms with Gasteiger partial charge in [0.1, 0.15) is 12.5 Å². The molecule has 1 aliphatic rings. The Morgan fingerprint density at radius 2 is 1.40 bits per heavy atom. The van der Waals surface area contributed by atoms with Gasteiger partial charge in [-0.25, -0.2) is 0 Å². The van der Waals surface area contributed by atoms with Gasteiger partial charge >= 0.3 is 11.9 Å². The molecule has 1 aliphatic heterocycles. The van der Waals surface area contributed by atoms with Gasteiger partial charge < -0.3 is 19.7 Å². The van der Waals surface area contributed by atoms with Crippen LogP contribution in [0.4, 0.5) is 0 Å². The molecule has 7 nitrogen and oxygen atoms in total. The maximum absolute atomic E-state index is 13.3. The van der Waals surface area contributed by atoms with Gasteiger partial charge in [-0.15, -0.1) is 0 Å². The molecule has 1 heterocycles. The first kappa shape index (κ1) is 41.2. The minimum Gasteiger partial charge on any atom is -0.481 e. The fourth-order valence-electron chi connectivity index (χ4n) is 7.41. The predicted octanol–water partition coefficient (Wildman–Crippen LogP) is 9.36. The van der Waals surface area contributed by atoms with E-state index in [4.69, 9.17) is 9.47 Å². The molecule has 2 N–H and O–H groups in total. The van der Waals surface area contributed by atoms with Crippen LogP contribution in [0.25, 0.3) is 0 Å². The Morgan fingerprint density at radius 3 is 1.89 bits per heavy atom. The van der Waals surface area contributed by atoms with Crippen LogP contribution in [0.3, 0.4) is 0 Å². The van der Waals surface area contributed by atoms with Crippen molar-refractivity contribution in [2.75, 3.05) is 13.7 Å². The number of piperidine rings is 1. The lowest BCUT2D eigenvalue weighted by molar-refractivity contribution is -0.267. The topological polar surface area (TPSA) is 96.3 Å². The van der Waals surface area contributed by atoms with E-state index in [1.54, 1.807) is 0 Å². The first-order chi connectivity index (χ1) is 21.5. The van der Waals surface area contributed by atoms with Crippen LogP contribution in [-0.4, -0.2) is 57.9 Å². The minimum atomic E-state index is -2.18. The van der Waals surface area contributed by atoms with Crippen LogP contribution in [0.5, 0.6) is 0 Å². The number of ether oxygens (including phenoxy) is 2. The van der Waals surface area contributed by atoms with E-state index in [9.17, 15) is 19.8 Å². The van der Waals surface area contributed by atoms with E-state index < -0.39 is 30.3 Å². The van der Waals surface area contributed by atoms with Gasteiger partial charge in [0.05, 0.1) is 0 Å². The van der Waals surface area contributed by atoms with E-state index in [1.165, 1.54) is 19.3 Å². The Hall–Kier alpha value is -1.96. The molecule has 0 aromatic heterocycles. The number of hydrogen-bond acceptors (Lipinski definition) is 6. The van der Waals surface area contributed by atoms with Gasteiger partial charge in [-0.05, 0) is 99.9 Å². The van der Waals surface area contributed by atoms with E-state index in [0.29, 0.717) is 25.0 Å². The maximum Gasteiger partial charge on any atom is 0.320 e. The summed E-state index contributed by atoms with van der Waals surface area (Å²) in [6, 6.07) is 4.30. The van der Waals surface area contributed by atoms with Crippen molar-refractivity contribution in [2.45, 2.75) is 193 Å². The Kier molecular flexibility index (Phi) is 14.2. The molecule has 1 aromatic carbocycles. The molecule has 1 aromatic rings. The summed E-state index contributed by atoms with van der Waals surface area (Å²) < 4.78 is 12.6. The van der Waals surface area contributed by atoms with Crippen LogP contribution >= 0.6 is 0 Å². The summed E-state index contributed by atoms with van der Waals surface area (Å²) in [5.41, 5.74) is 2.81. The molecule has 0 radical (unpaired) electrons. The number of carbonyl (C=O) groups excluding carboxylic acids is 1. The van der Waals surface area contributed by atoms with E-state index >= 15 is 0 Å². The molecular formula is C40H69NO6. The van der Waals surface area contributed by atoms with E-state index in [2.05, 4.69) is 94.2 Å². The minimum absolute atomic E-state index is 0.0417. The molecule has 1 saturated heterocycles. The summed E-state index contributed by atoms with van der Waals surface area (Å²) in [7, 11) is 2.18. The Balaban J connectivity index is 2.93. The van der Waals surface area contributed by atoms with Crippen LogP contribution < -0.4 is 0 Å². The lowest BCUT2D eigenvalue weighted by Gasteiger charge is -2.55. The number of benzene rings is 1. The highest BCUT2D eigenvalue weighted by molar-refractivity contribution is 5.90. The molecule has 270 valence electrons. The second-order valence-electron chi connectivity index (χ2n) is 17.4. The number of esters is 1. The molecule has 2 unspecified atom stereocenters. The third-order valence-corrected chi connectivity index (χ3v) is 10.3. The molecule has 0 amide bonds. The van der Waals surface area contributed by atoms with Crippen molar-refractivity contribution < 1.29 is 29.3 Å². The second kappa shape index (κ2) is 16.2. The van der Waals surface area contributed by atoms with E-state index in [-0.39, 0.29) is 27.8 Å². The SMILES string of the molecule is CCCCCCCCOC(CCC)C(O)(OC(=O)CC(=O)O)c1cc(C(C)(C)C)cc(C(C)(C)C)c1C1CC(C)(C)N(C)C(C)(C)C1. The number of nitrogens with zero attached hydrogens (tertiary/aromatic N) is 1. The molecule has 47 heavy (non-hydrogen) atoms. The van der Waals surface area contributed by atoms with Gasteiger partial charge in [0, 0.05) is 23.2 Å². The zero-order chi connectivity index (χ0) is 36.0. The Labute approximate surface area is 287 Å². The number of likely N-dealkylation sites (tertiary alicyclic amines) is 1. The summed E-state index contributed by atoms with van der Waals surface area (Å²) >= 11 is 0. The Morgan fingerprint density at radius 1 is 0.872 bits per heavy atom. The summed E-state index contributed by atoms with van der Waals surface area (Å²) in [5.74, 6) is -4.41. The summed E-state index contributed by atoms with van der Waals surface area (Å²) in [6.07, 6.45) is 7.68. The zero-order valence-electron chi connectivity index (χ0n) is 32.3. The van der Waals surface area contributed by atoms with Crippen molar-refractivity contribution in [3.05, 3.63) is 34.4 Å². The van der Waals surface area contributed by atoms with E-state index in [1.807, 2.05) is 13.0 Å². The smallest absolute Gasteiger partial charge is 0.320 e. The second-order valence-corrected chi connectivity index (χ2v) is 17.4. The number of carbonyl (C=O) groups is 2. The first-order valence-electron chi connectivity index (χ1n) is 18.2. The van der Waals surface area contributed by atoms with Gasteiger partial charge in [0.25, 0.3) is 5.79 Å². The summed E-state index contributed by atoms with van der Waals surface area (Å²) in [6.45, 7) is 26.7. The van der Waals surface area contributed by atoms with Crippen LogP contribution in [0, 0.1) is 0 Å². The van der Waals surface area contributed by atoms with Crippen molar-refractivity contribution in [3.63, 3.8) is 0 Å². The average Bonchev–Trinajstić information content (AvgIpc) is 2.92. The van der Waals surface area contributed by atoms with Crippen molar-refractivity contribution in [2.24, 2.45) is 0 Å². The van der Waals surface area contributed by atoms with Crippen LogP contribution in [0.2, 0.25) is 0 Å². The maximum atomic E-state index is 13.3. The quantitative estimate of drug-likeness (QED) is 0.0790. The number of unbranched alkanes of at least 4 members (excludes halogenated alkanes) is 5. The molecule has 7 heteroatoms. The lowest BCUT2D eigenvalue weighted by Crippen LogP contribution is -2.58. The van der Waals surface area contributed by atoms with E-state index in [0.717, 1.165) is 48.8 Å². The first-order valence-corrected chi connectivity index (χ1v) is 18.2. The lowest BCUT2D eigenvalue weighted by atomic mass is 9.65. The molecule has 2 atom stereocenters. The van der Waals surface area contributed by atoms with Crippen LogP contribution in [0.15, 0.2) is 12.1 Å². The molecule has 0 bridgehead atoms. The highest BCUT2D eigenvalue weighted by atomic mass is 16.7. The molecule has 0 saturated carbocycles. The van der Waals surface area contributed by atoms with Gasteiger partial charge in [-0.1, -0.05) is 100.0 Å². The van der Waals surface area contributed by atoms with Crippen molar-refractivity contribution >= 4 is 11.9 Å². The molecule has 1 fully saturated rings. The van der Waals surface area contributed by atoms with Gasteiger partial charge in [-0.3, -0.25) is 14.5 Å². The predicted molar refractivity (Wildman–Crippen MR) is 192 cm³/mol. The highest BCUT2D eigenvalue weighted by Crippen LogP contribution is 2.51. The van der Waals surface area contributed by atoms with Crippen molar-refractivity contribution in [1.29, 1.82) is 0 Å². The van der Waals surface area contributed by atoms with Crippen molar-refractivity contribution in [1.82, 2.24) is 4.90 Å². The molecule has 2 rings (SSSR count). The normalized spacial score (nSPS) is 19.3. The fraction of sp³-hybridized carbons (Fsp3) is 0.800. The number of carboxylic acid groups (broad SMARTS) is 1. The fourth-order valence-corrected chi connectivity index (χ4v) is 7.41. The standard InChI is InChI=1S/C40H69NO6/c1-14-16-17-18-19-20-22-46-32(21-15-2)40(45,47-34(44)25-33(42)43)31-24-29(36(3,4)5)23-30(37(6,7)8)35(31)28-26-38(9,10)41(13)39(11,12)27-28/h23-24,28,32,45H,14-22,25-27H2,1-13H3,(H,42,43). The van der Waals surface area contributed by atoms with Crippen LogP contribution in [0.1, 0.15) is 182 Å². The van der Waals surface area contributed by atoms with Gasteiger partial charge in [0.15, 0.2) is 0 Å². The number of aliphatic hydroxyl groups is 1. The largest absolute Gasteiger partial charge is 0.481 e. The van der Waals surface area contributed by atoms with Crippen molar-refractivity contribution in [3.8, 4) is 0 Å². The highest BCUT2D eigenvalue weighted by Gasteiger charge is 2.50. The van der Waals surface area contributed by atoms with Crippen LogP contribution in [-0.2, 0) is 35.7 Å². The zero-order valence-corrected chi connectivity index (χ0v) is 32.3. The third kappa shape index (κ3) is 10.8. The summed E-state index contributed by atoms with van der Waals surface area (Å²) in [4.78, 5) is 27.4. The number of rotatable bonds is 16. The summed E-state index contributed by atoms with van der Waals surface area (Å²) in [5, 5.41) is 22.6. The van der Waals surface area contributed by atoms with Gasteiger partial charge in [0.2, 0.25) is 0 Å². The third-order valence-electron chi connectivity index (χ3n) is 10.3.